The summed E-state index contributed by atoms with van der Waals surface area (Å²) in [5, 5.41) is 2.22. The SMILES string of the molecule is NC(=O)c1cc2c3ccccc3n(C3CC3)c2cn1. The third kappa shape index (κ3) is 1.46. The molecule has 0 spiro atoms. The molecule has 1 amide bonds. The van der Waals surface area contributed by atoms with E-state index >= 15 is 0 Å². The Labute approximate surface area is 109 Å². The van der Waals surface area contributed by atoms with Gasteiger partial charge in [-0.2, -0.15) is 0 Å². The van der Waals surface area contributed by atoms with E-state index in [9.17, 15) is 4.79 Å². The molecule has 4 rings (SSSR count). The summed E-state index contributed by atoms with van der Waals surface area (Å²) >= 11 is 0. The van der Waals surface area contributed by atoms with Gasteiger partial charge in [0.05, 0.1) is 11.7 Å². The summed E-state index contributed by atoms with van der Waals surface area (Å²) in [6.45, 7) is 0. The number of fused-ring (bicyclic) bond motifs is 3. The minimum absolute atomic E-state index is 0.325. The van der Waals surface area contributed by atoms with Crippen LogP contribution in [0.15, 0.2) is 36.5 Å². The van der Waals surface area contributed by atoms with Crippen LogP contribution in [0.1, 0.15) is 29.4 Å². The summed E-state index contributed by atoms with van der Waals surface area (Å²) in [4.78, 5) is 15.5. The minimum atomic E-state index is -0.481. The number of hydrogen-bond donors (Lipinski definition) is 1. The number of carbonyl (C=O) groups excluding carboxylic acids is 1. The van der Waals surface area contributed by atoms with Crippen molar-refractivity contribution in [3.05, 3.63) is 42.2 Å². The lowest BCUT2D eigenvalue weighted by Gasteiger charge is -2.04. The van der Waals surface area contributed by atoms with Gasteiger partial charge in [0, 0.05) is 22.3 Å². The lowest BCUT2D eigenvalue weighted by molar-refractivity contribution is 0.0996. The average Bonchev–Trinajstić information content (AvgIpc) is 3.20. The van der Waals surface area contributed by atoms with Crippen LogP contribution in [-0.2, 0) is 0 Å². The third-order valence-corrected chi connectivity index (χ3v) is 3.76. The highest BCUT2D eigenvalue weighted by Gasteiger charge is 2.27. The normalized spacial score (nSPS) is 15.2. The number of pyridine rings is 1. The highest BCUT2D eigenvalue weighted by molar-refractivity contribution is 6.09. The van der Waals surface area contributed by atoms with Gasteiger partial charge >= 0.3 is 0 Å². The maximum Gasteiger partial charge on any atom is 0.267 e. The van der Waals surface area contributed by atoms with Crippen LogP contribution in [0.5, 0.6) is 0 Å². The van der Waals surface area contributed by atoms with Crippen molar-refractivity contribution in [2.24, 2.45) is 5.73 Å². The van der Waals surface area contributed by atoms with Gasteiger partial charge in [-0.1, -0.05) is 18.2 Å². The number of aromatic nitrogens is 2. The van der Waals surface area contributed by atoms with Crippen LogP contribution in [-0.4, -0.2) is 15.5 Å². The predicted molar refractivity (Wildman–Crippen MR) is 74.0 cm³/mol. The third-order valence-electron chi connectivity index (χ3n) is 3.76. The molecule has 1 aliphatic carbocycles. The standard InChI is InChI=1S/C15H13N3O/c16-15(19)12-7-11-10-3-1-2-4-13(10)18(9-5-6-9)14(11)8-17-12/h1-4,7-9H,5-6H2,(H2,16,19). The molecule has 2 heterocycles. The molecule has 4 heteroatoms. The van der Waals surface area contributed by atoms with Gasteiger partial charge < -0.3 is 10.3 Å². The maximum absolute atomic E-state index is 11.3. The molecule has 0 saturated heterocycles. The minimum Gasteiger partial charge on any atom is -0.364 e. The number of amides is 1. The van der Waals surface area contributed by atoms with Crippen molar-refractivity contribution in [2.45, 2.75) is 18.9 Å². The van der Waals surface area contributed by atoms with Gasteiger partial charge in [0.2, 0.25) is 0 Å². The zero-order valence-corrected chi connectivity index (χ0v) is 10.3. The van der Waals surface area contributed by atoms with Crippen molar-refractivity contribution < 1.29 is 4.79 Å². The molecule has 2 aromatic heterocycles. The van der Waals surface area contributed by atoms with E-state index in [1.165, 1.54) is 18.4 Å². The Hall–Kier alpha value is -2.36. The summed E-state index contributed by atoms with van der Waals surface area (Å²) in [6.07, 6.45) is 4.20. The Morgan fingerprint density at radius 2 is 2.00 bits per heavy atom. The lowest BCUT2D eigenvalue weighted by Crippen LogP contribution is -2.12. The molecule has 0 bridgehead atoms. The van der Waals surface area contributed by atoms with Crippen LogP contribution < -0.4 is 5.73 Å². The molecule has 0 aliphatic heterocycles. The first kappa shape index (κ1) is 10.6. The predicted octanol–water partition coefficient (Wildman–Crippen LogP) is 2.62. The van der Waals surface area contributed by atoms with E-state index in [2.05, 4.69) is 21.7 Å². The summed E-state index contributed by atoms with van der Waals surface area (Å²) < 4.78 is 2.34. The second kappa shape index (κ2) is 3.57. The molecule has 1 aromatic carbocycles. The van der Waals surface area contributed by atoms with Crippen LogP contribution in [0.3, 0.4) is 0 Å². The van der Waals surface area contributed by atoms with E-state index in [4.69, 9.17) is 5.73 Å². The summed E-state index contributed by atoms with van der Waals surface area (Å²) in [7, 11) is 0. The summed E-state index contributed by atoms with van der Waals surface area (Å²) in [5.41, 5.74) is 7.95. The quantitative estimate of drug-likeness (QED) is 0.761. The lowest BCUT2D eigenvalue weighted by atomic mass is 10.1. The highest BCUT2D eigenvalue weighted by Crippen LogP contribution is 2.42. The smallest absolute Gasteiger partial charge is 0.267 e. The van der Waals surface area contributed by atoms with Crippen molar-refractivity contribution in [2.75, 3.05) is 0 Å². The monoisotopic (exact) mass is 251 g/mol. The van der Waals surface area contributed by atoms with Crippen molar-refractivity contribution in [3.8, 4) is 0 Å². The Morgan fingerprint density at radius 3 is 2.74 bits per heavy atom. The average molecular weight is 251 g/mol. The first-order valence-electron chi connectivity index (χ1n) is 6.44. The van der Waals surface area contributed by atoms with Crippen LogP contribution in [0.25, 0.3) is 21.8 Å². The van der Waals surface area contributed by atoms with Gasteiger partial charge in [-0.25, -0.2) is 4.98 Å². The number of primary amides is 1. The molecule has 1 saturated carbocycles. The first-order chi connectivity index (χ1) is 9.25. The van der Waals surface area contributed by atoms with E-state index in [1.54, 1.807) is 12.3 Å². The molecular formula is C15H13N3O. The zero-order chi connectivity index (χ0) is 13.0. The fraction of sp³-hybridized carbons (Fsp3) is 0.200. The van der Waals surface area contributed by atoms with Crippen LogP contribution >= 0.6 is 0 Å². The Balaban J connectivity index is 2.15. The van der Waals surface area contributed by atoms with E-state index in [0.717, 1.165) is 16.3 Å². The van der Waals surface area contributed by atoms with Crippen LogP contribution in [0.2, 0.25) is 0 Å². The second-order valence-electron chi connectivity index (χ2n) is 5.07. The fourth-order valence-corrected chi connectivity index (χ4v) is 2.76. The number of rotatable bonds is 2. The number of nitrogens with two attached hydrogens (primary N) is 1. The topological polar surface area (TPSA) is 60.9 Å². The summed E-state index contributed by atoms with van der Waals surface area (Å²) in [5.74, 6) is -0.481. The molecule has 0 radical (unpaired) electrons. The van der Waals surface area contributed by atoms with Gasteiger partial charge in [-0.15, -0.1) is 0 Å². The molecule has 19 heavy (non-hydrogen) atoms. The number of hydrogen-bond acceptors (Lipinski definition) is 2. The summed E-state index contributed by atoms with van der Waals surface area (Å²) in [6, 6.07) is 10.6. The zero-order valence-electron chi connectivity index (χ0n) is 10.3. The number of nitrogens with zero attached hydrogens (tertiary/aromatic N) is 2. The number of para-hydroxylation sites is 1. The van der Waals surface area contributed by atoms with Crippen LogP contribution in [0.4, 0.5) is 0 Å². The Morgan fingerprint density at radius 1 is 1.21 bits per heavy atom. The van der Waals surface area contributed by atoms with Crippen LogP contribution in [0, 0.1) is 0 Å². The van der Waals surface area contributed by atoms with Crippen molar-refractivity contribution in [3.63, 3.8) is 0 Å². The van der Waals surface area contributed by atoms with E-state index in [-0.39, 0.29) is 0 Å². The maximum atomic E-state index is 11.3. The van der Waals surface area contributed by atoms with E-state index in [0.29, 0.717) is 11.7 Å². The second-order valence-corrected chi connectivity index (χ2v) is 5.07. The molecule has 2 N–H and O–H groups in total. The van der Waals surface area contributed by atoms with Crippen molar-refractivity contribution >= 4 is 27.7 Å². The van der Waals surface area contributed by atoms with Gasteiger partial charge in [0.25, 0.3) is 5.91 Å². The Bertz CT molecular complexity index is 815. The molecule has 0 unspecified atom stereocenters. The molecule has 1 fully saturated rings. The fourth-order valence-electron chi connectivity index (χ4n) is 2.76. The molecule has 3 aromatic rings. The van der Waals surface area contributed by atoms with Crippen molar-refractivity contribution in [1.29, 1.82) is 0 Å². The van der Waals surface area contributed by atoms with Gasteiger partial charge in [-0.05, 0) is 25.0 Å². The molecular weight excluding hydrogens is 238 g/mol. The largest absolute Gasteiger partial charge is 0.364 e. The van der Waals surface area contributed by atoms with Crippen molar-refractivity contribution in [1.82, 2.24) is 9.55 Å². The van der Waals surface area contributed by atoms with Gasteiger partial charge in [0.1, 0.15) is 5.69 Å². The highest BCUT2D eigenvalue weighted by atomic mass is 16.1. The van der Waals surface area contributed by atoms with E-state index < -0.39 is 5.91 Å². The Kier molecular flexibility index (Phi) is 1.98. The first-order valence-corrected chi connectivity index (χ1v) is 6.44. The number of carbonyl (C=O) groups is 1. The number of benzene rings is 1. The molecule has 4 nitrogen and oxygen atoms in total. The molecule has 0 atom stereocenters. The molecule has 1 aliphatic rings. The van der Waals surface area contributed by atoms with Gasteiger partial charge in [-0.3, -0.25) is 4.79 Å². The molecule has 94 valence electrons. The van der Waals surface area contributed by atoms with Gasteiger partial charge in [0.15, 0.2) is 0 Å². The van der Waals surface area contributed by atoms with E-state index in [1.807, 2.05) is 12.1 Å².